The molecule has 0 heterocycles. The Bertz CT molecular complexity index is 460. The maximum absolute atomic E-state index is 10.9. The molecule has 0 spiro atoms. The van der Waals surface area contributed by atoms with E-state index in [0.29, 0.717) is 17.6 Å². The summed E-state index contributed by atoms with van der Waals surface area (Å²) in [5, 5.41) is 0. The van der Waals surface area contributed by atoms with E-state index >= 15 is 0 Å². The summed E-state index contributed by atoms with van der Waals surface area (Å²) in [5.74, 6) is 2.57. The van der Waals surface area contributed by atoms with Gasteiger partial charge in [0.25, 0.3) is 0 Å². The van der Waals surface area contributed by atoms with E-state index in [1.54, 1.807) is 6.92 Å². The monoisotopic (exact) mass is 342 g/mol. The summed E-state index contributed by atoms with van der Waals surface area (Å²) in [7, 11) is 0. The number of allylic oxidation sites excluding steroid dienone is 8. The molecule has 1 heteroatoms. The van der Waals surface area contributed by atoms with Crippen LogP contribution in [0, 0.1) is 17.8 Å². The summed E-state index contributed by atoms with van der Waals surface area (Å²) in [6.45, 7) is 6.29. The van der Waals surface area contributed by atoms with Crippen molar-refractivity contribution in [2.75, 3.05) is 0 Å². The predicted octanol–water partition coefficient (Wildman–Crippen LogP) is 7.21. The zero-order valence-electron chi connectivity index (χ0n) is 16.6. The first-order chi connectivity index (χ1) is 12.1. The van der Waals surface area contributed by atoms with Crippen LogP contribution in [0.5, 0.6) is 0 Å². The van der Waals surface area contributed by atoms with E-state index in [0.717, 1.165) is 31.6 Å². The molecular weight excluding hydrogens is 304 g/mol. The van der Waals surface area contributed by atoms with Gasteiger partial charge < -0.3 is 4.79 Å². The molecule has 0 bridgehead atoms. The summed E-state index contributed by atoms with van der Waals surface area (Å²) in [5.41, 5.74) is 0. The number of rotatable bonds is 11. The molecular formula is C24H38O. The Hall–Kier alpha value is -1.37. The number of hydrogen-bond acceptors (Lipinski definition) is 1. The highest BCUT2D eigenvalue weighted by atomic mass is 16.1. The maximum atomic E-state index is 10.9. The van der Waals surface area contributed by atoms with Crippen LogP contribution in [0.1, 0.15) is 78.6 Å². The van der Waals surface area contributed by atoms with Crippen LogP contribution in [0.4, 0.5) is 0 Å². The lowest BCUT2D eigenvalue weighted by atomic mass is 9.81. The summed E-state index contributed by atoms with van der Waals surface area (Å²) in [6, 6.07) is 0. The second kappa shape index (κ2) is 13.9. The fourth-order valence-electron chi connectivity index (χ4n) is 3.52. The summed E-state index contributed by atoms with van der Waals surface area (Å²) >= 11 is 0. The normalized spacial score (nSPS) is 19.5. The molecule has 0 aromatic rings. The molecule has 0 radical (unpaired) electrons. The second-order valence-electron chi connectivity index (χ2n) is 7.78. The van der Waals surface area contributed by atoms with E-state index in [-0.39, 0.29) is 0 Å². The van der Waals surface area contributed by atoms with Gasteiger partial charge in [-0.1, -0.05) is 81.7 Å². The van der Waals surface area contributed by atoms with Crippen molar-refractivity contribution in [1.82, 2.24) is 0 Å². The zero-order valence-corrected chi connectivity index (χ0v) is 16.6. The summed E-state index contributed by atoms with van der Waals surface area (Å²) in [4.78, 5) is 10.9. The van der Waals surface area contributed by atoms with Gasteiger partial charge in [0.15, 0.2) is 0 Å². The molecule has 2 atom stereocenters. The number of Topliss-reactive ketones (excluding diaryl/α,β-unsaturated/α-hetero) is 1. The van der Waals surface area contributed by atoms with Crippen molar-refractivity contribution in [2.45, 2.75) is 78.6 Å². The minimum atomic E-state index is 0.305. The number of carbonyl (C=O) groups is 1. The molecule has 0 N–H and O–H groups in total. The third-order valence-corrected chi connectivity index (χ3v) is 5.26. The van der Waals surface area contributed by atoms with Crippen LogP contribution in [0.3, 0.4) is 0 Å². The third kappa shape index (κ3) is 11.8. The molecule has 1 fully saturated rings. The fourth-order valence-corrected chi connectivity index (χ4v) is 3.52. The van der Waals surface area contributed by atoms with E-state index in [9.17, 15) is 4.79 Å². The number of carbonyl (C=O) groups excluding carboxylic acids is 1. The molecule has 140 valence electrons. The van der Waals surface area contributed by atoms with Gasteiger partial charge in [0.2, 0.25) is 0 Å². The van der Waals surface area contributed by atoms with Gasteiger partial charge in [0.05, 0.1) is 0 Å². The Labute approximate surface area is 156 Å². The van der Waals surface area contributed by atoms with Gasteiger partial charge >= 0.3 is 0 Å². The topological polar surface area (TPSA) is 17.1 Å². The Morgan fingerprint density at radius 3 is 2.28 bits per heavy atom. The first-order valence-corrected chi connectivity index (χ1v) is 10.3. The predicted molar refractivity (Wildman–Crippen MR) is 111 cm³/mol. The summed E-state index contributed by atoms with van der Waals surface area (Å²) in [6.07, 6.45) is 28.4. The molecule has 1 aliphatic carbocycles. The molecule has 1 nitrogen and oxygen atoms in total. The smallest absolute Gasteiger partial charge is 0.129 e. The van der Waals surface area contributed by atoms with E-state index in [4.69, 9.17) is 0 Å². The molecule has 0 amide bonds. The zero-order chi connectivity index (χ0) is 18.3. The third-order valence-electron chi connectivity index (χ3n) is 5.26. The van der Waals surface area contributed by atoms with Gasteiger partial charge in [-0.2, -0.15) is 0 Å². The van der Waals surface area contributed by atoms with Gasteiger partial charge in [0.1, 0.15) is 5.78 Å². The van der Waals surface area contributed by atoms with Gasteiger partial charge in [-0.25, -0.2) is 0 Å². The fraction of sp³-hybridized carbons (Fsp3) is 0.625. The molecule has 0 aromatic carbocycles. The maximum Gasteiger partial charge on any atom is 0.129 e. The van der Waals surface area contributed by atoms with Crippen molar-refractivity contribution in [3.8, 4) is 0 Å². The molecule has 0 aromatic heterocycles. The van der Waals surface area contributed by atoms with Gasteiger partial charge in [-0.05, 0) is 56.8 Å². The van der Waals surface area contributed by atoms with Gasteiger partial charge in [0, 0.05) is 6.42 Å². The van der Waals surface area contributed by atoms with E-state index in [1.807, 2.05) is 0 Å². The van der Waals surface area contributed by atoms with Gasteiger partial charge in [-0.15, -0.1) is 0 Å². The molecule has 1 saturated carbocycles. The van der Waals surface area contributed by atoms with E-state index in [1.165, 1.54) is 32.1 Å². The first-order valence-electron chi connectivity index (χ1n) is 10.3. The van der Waals surface area contributed by atoms with E-state index in [2.05, 4.69) is 62.5 Å². The van der Waals surface area contributed by atoms with Gasteiger partial charge in [-0.3, -0.25) is 0 Å². The Balaban J connectivity index is 2.13. The van der Waals surface area contributed by atoms with Crippen molar-refractivity contribution in [1.29, 1.82) is 0 Å². The van der Waals surface area contributed by atoms with Crippen LogP contribution in [0.2, 0.25) is 0 Å². The van der Waals surface area contributed by atoms with Crippen molar-refractivity contribution >= 4 is 5.78 Å². The van der Waals surface area contributed by atoms with Crippen molar-refractivity contribution < 1.29 is 4.79 Å². The lowest BCUT2D eigenvalue weighted by Gasteiger charge is -2.25. The molecule has 1 rings (SSSR count). The molecule has 0 aliphatic heterocycles. The minimum absolute atomic E-state index is 0.305. The average Bonchev–Trinajstić information content (AvgIpc) is 2.60. The lowest BCUT2D eigenvalue weighted by molar-refractivity contribution is -0.117. The molecule has 25 heavy (non-hydrogen) atoms. The standard InChI is InChI=1S/C24H38O/c1-21(16-14-18-23(3)25)15-10-7-5-4-6-8-11-17-22(2)24-19-12-9-13-20-24/h4-8,10-11,17,21-22,24H,9,12-16,18-20H2,1-3H3/b5-4+,8-6-,10-7+,17-11+. The van der Waals surface area contributed by atoms with Crippen LogP contribution in [-0.2, 0) is 4.79 Å². The number of ketones is 1. The average molecular weight is 343 g/mol. The highest BCUT2D eigenvalue weighted by Crippen LogP contribution is 2.30. The Morgan fingerprint density at radius 2 is 1.60 bits per heavy atom. The van der Waals surface area contributed by atoms with Crippen LogP contribution >= 0.6 is 0 Å². The SMILES string of the molecule is CC(=O)CCCC(C)C/C=C/C=C/C=C\C=C\C(C)C1CCCCC1. The van der Waals surface area contributed by atoms with Crippen LogP contribution < -0.4 is 0 Å². The van der Waals surface area contributed by atoms with Crippen molar-refractivity contribution in [2.24, 2.45) is 17.8 Å². The quantitative estimate of drug-likeness (QED) is 0.362. The van der Waals surface area contributed by atoms with Crippen LogP contribution in [0.25, 0.3) is 0 Å². The van der Waals surface area contributed by atoms with Crippen LogP contribution in [0.15, 0.2) is 48.6 Å². The number of hydrogen-bond donors (Lipinski definition) is 0. The minimum Gasteiger partial charge on any atom is -0.300 e. The highest BCUT2D eigenvalue weighted by Gasteiger charge is 2.17. The van der Waals surface area contributed by atoms with Crippen molar-refractivity contribution in [3.63, 3.8) is 0 Å². The van der Waals surface area contributed by atoms with Crippen molar-refractivity contribution in [3.05, 3.63) is 48.6 Å². The summed E-state index contributed by atoms with van der Waals surface area (Å²) < 4.78 is 0. The van der Waals surface area contributed by atoms with Crippen LogP contribution in [-0.4, -0.2) is 5.78 Å². The molecule has 0 saturated heterocycles. The Morgan fingerprint density at radius 1 is 0.960 bits per heavy atom. The lowest BCUT2D eigenvalue weighted by Crippen LogP contribution is -2.13. The molecule has 2 unspecified atom stereocenters. The first kappa shape index (κ1) is 21.7. The molecule has 1 aliphatic rings. The van der Waals surface area contributed by atoms with E-state index < -0.39 is 0 Å². The second-order valence-corrected chi connectivity index (χ2v) is 7.78. The highest BCUT2D eigenvalue weighted by molar-refractivity contribution is 5.75. The largest absolute Gasteiger partial charge is 0.300 e. The Kier molecular flexibility index (Phi) is 12.0.